The highest BCUT2D eigenvalue weighted by atomic mass is 19.1. The highest BCUT2D eigenvalue weighted by Crippen LogP contribution is 2.10. The molecule has 0 heterocycles. The number of aryl methyl sites for hydroxylation is 1. The average molecular weight is 238 g/mol. The largest absolute Gasteiger partial charge is 0.354 e. The van der Waals surface area contributed by atoms with Crippen molar-refractivity contribution in [2.45, 2.75) is 32.7 Å². The molecule has 1 rings (SSSR count). The summed E-state index contributed by atoms with van der Waals surface area (Å²) in [6, 6.07) is 4.23. The van der Waals surface area contributed by atoms with Gasteiger partial charge in [-0.25, -0.2) is 4.39 Å². The van der Waals surface area contributed by atoms with Crippen molar-refractivity contribution >= 4 is 5.91 Å². The Morgan fingerprint density at radius 3 is 2.82 bits per heavy atom. The Morgan fingerprint density at radius 1 is 1.53 bits per heavy atom. The molecular weight excluding hydrogens is 219 g/mol. The van der Waals surface area contributed by atoms with E-state index in [2.05, 4.69) is 5.32 Å². The molecule has 0 spiro atoms. The molecule has 0 aliphatic heterocycles. The summed E-state index contributed by atoms with van der Waals surface area (Å²) in [4.78, 5) is 11.4. The normalized spacial score (nSPS) is 12.2. The number of carbonyl (C=O) groups excluding carboxylic acids is 1. The van der Waals surface area contributed by atoms with Crippen LogP contribution in [-0.2, 0) is 11.2 Å². The number of nitrogens with one attached hydrogen (secondary N) is 1. The van der Waals surface area contributed by atoms with Crippen LogP contribution in [0.1, 0.15) is 24.5 Å². The summed E-state index contributed by atoms with van der Waals surface area (Å²) >= 11 is 0. The van der Waals surface area contributed by atoms with Gasteiger partial charge < -0.3 is 11.1 Å². The smallest absolute Gasteiger partial charge is 0.236 e. The van der Waals surface area contributed by atoms with Crippen LogP contribution in [0.5, 0.6) is 0 Å². The highest BCUT2D eigenvalue weighted by molar-refractivity contribution is 5.81. The molecule has 0 aromatic heterocycles. The quantitative estimate of drug-likeness (QED) is 0.817. The van der Waals surface area contributed by atoms with Crippen molar-refractivity contribution in [2.75, 3.05) is 6.54 Å². The first kappa shape index (κ1) is 13.6. The first-order valence-corrected chi connectivity index (χ1v) is 5.83. The number of carbonyl (C=O) groups is 1. The predicted molar refractivity (Wildman–Crippen MR) is 66.1 cm³/mol. The first-order chi connectivity index (χ1) is 8.04. The van der Waals surface area contributed by atoms with Crippen molar-refractivity contribution in [1.29, 1.82) is 0 Å². The van der Waals surface area contributed by atoms with Gasteiger partial charge in [-0.3, -0.25) is 4.79 Å². The summed E-state index contributed by atoms with van der Waals surface area (Å²) in [6.45, 7) is 4.26. The highest BCUT2D eigenvalue weighted by Gasteiger charge is 2.09. The zero-order valence-corrected chi connectivity index (χ0v) is 10.3. The van der Waals surface area contributed by atoms with E-state index in [4.69, 9.17) is 5.73 Å². The van der Waals surface area contributed by atoms with Gasteiger partial charge in [0.1, 0.15) is 5.82 Å². The van der Waals surface area contributed by atoms with Crippen molar-refractivity contribution in [3.8, 4) is 0 Å². The van der Waals surface area contributed by atoms with E-state index in [9.17, 15) is 9.18 Å². The minimum absolute atomic E-state index is 0.132. The molecule has 1 aromatic carbocycles. The molecule has 0 saturated carbocycles. The second-order valence-electron chi connectivity index (χ2n) is 4.13. The Hall–Kier alpha value is -1.42. The molecule has 94 valence electrons. The van der Waals surface area contributed by atoms with Gasteiger partial charge in [-0.2, -0.15) is 0 Å². The van der Waals surface area contributed by atoms with Crippen molar-refractivity contribution < 1.29 is 9.18 Å². The monoisotopic (exact) mass is 238 g/mol. The van der Waals surface area contributed by atoms with E-state index in [1.807, 2.05) is 13.8 Å². The summed E-state index contributed by atoms with van der Waals surface area (Å²) in [5.41, 5.74) is 7.52. The van der Waals surface area contributed by atoms with Crippen LogP contribution in [0.25, 0.3) is 0 Å². The molecule has 0 aliphatic carbocycles. The molecule has 0 saturated heterocycles. The summed E-state index contributed by atoms with van der Waals surface area (Å²) < 4.78 is 12.9. The van der Waals surface area contributed by atoms with Crippen LogP contribution in [0, 0.1) is 12.7 Å². The second kappa shape index (κ2) is 6.35. The lowest BCUT2D eigenvalue weighted by Crippen LogP contribution is -2.40. The maximum Gasteiger partial charge on any atom is 0.236 e. The van der Waals surface area contributed by atoms with Crippen LogP contribution in [0.4, 0.5) is 4.39 Å². The molecule has 0 bridgehead atoms. The third-order valence-electron chi connectivity index (χ3n) is 2.77. The second-order valence-corrected chi connectivity index (χ2v) is 4.13. The molecule has 3 N–H and O–H groups in total. The van der Waals surface area contributed by atoms with E-state index in [0.717, 1.165) is 11.1 Å². The van der Waals surface area contributed by atoms with E-state index >= 15 is 0 Å². The Kier molecular flexibility index (Phi) is 5.10. The number of benzene rings is 1. The first-order valence-electron chi connectivity index (χ1n) is 5.83. The Morgan fingerprint density at radius 2 is 2.24 bits per heavy atom. The zero-order valence-electron chi connectivity index (χ0n) is 10.3. The molecule has 0 fully saturated rings. The number of nitrogens with two attached hydrogens (primary N) is 1. The zero-order chi connectivity index (χ0) is 12.8. The Balaban J connectivity index is 2.43. The van der Waals surface area contributed by atoms with E-state index < -0.39 is 6.04 Å². The van der Waals surface area contributed by atoms with Gasteiger partial charge in [-0.05, 0) is 43.0 Å². The van der Waals surface area contributed by atoms with Gasteiger partial charge in [-0.15, -0.1) is 0 Å². The number of hydrogen-bond acceptors (Lipinski definition) is 2. The van der Waals surface area contributed by atoms with Gasteiger partial charge in [0.25, 0.3) is 0 Å². The summed E-state index contributed by atoms with van der Waals surface area (Å²) in [5, 5.41) is 2.77. The van der Waals surface area contributed by atoms with Gasteiger partial charge in [0.15, 0.2) is 0 Å². The van der Waals surface area contributed by atoms with Gasteiger partial charge in [-0.1, -0.05) is 13.0 Å². The van der Waals surface area contributed by atoms with Crippen LogP contribution in [0.15, 0.2) is 18.2 Å². The fourth-order valence-corrected chi connectivity index (χ4v) is 1.58. The molecule has 4 heteroatoms. The van der Waals surface area contributed by atoms with Gasteiger partial charge in [0.05, 0.1) is 6.04 Å². The van der Waals surface area contributed by atoms with Crippen LogP contribution in [0.2, 0.25) is 0 Å². The number of hydrogen-bond donors (Lipinski definition) is 2. The van der Waals surface area contributed by atoms with Crippen LogP contribution >= 0.6 is 0 Å². The van der Waals surface area contributed by atoms with Crippen molar-refractivity contribution in [2.24, 2.45) is 5.73 Å². The summed E-state index contributed by atoms with van der Waals surface area (Å²) in [7, 11) is 0. The van der Waals surface area contributed by atoms with E-state index in [1.165, 1.54) is 12.1 Å². The molecule has 1 aromatic rings. The summed E-state index contributed by atoms with van der Waals surface area (Å²) in [6.07, 6.45) is 1.32. The van der Waals surface area contributed by atoms with Crippen molar-refractivity contribution in [3.05, 3.63) is 35.1 Å². The van der Waals surface area contributed by atoms with Gasteiger partial charge >= 0.3 is 0 Å². The molecule has 0 unspecified atom stereocenters. The fourth-order valence-electron chi connectivity index (χ4n) is 1.58. The molecule has 0 aliphatic rings. The Bertz CT molecular complexity index is 393. The van der Waals surface area contributed by atoms with Crippen molar-refractivity contribution in [1.82, 2.24) is 5.32 Å². The van der Waals surface area contributed by atoms with Gasteiger partial charge in [0, 0.05) is 6.54 Å². The number of amides is 1. The maximum absolute atomic E-state index is 12.9. The third kappa shape index (κ3) is 4.15. The lowest BCUT2D eigenvalue weighted by atomic mass is 10.1. The summed E-state index contributed by atoms with van der Waals surface area (Å²) in [5.74, 6) is -0.365. The van der Waals surface area contributed by atoms with E-state index in [-0.39, 0.29) is 11.7 Å². The number of rotatable bonds is 5. The lowest BCUT2D eigenvalue weighted by molar-refractivity contribution is -0.122. The molecule has 3 nitrogen and oxygen atoms in total. The van der Waals surface area contributed by atoms with E-state index in [0.29, 0.717) is 19.4 Å². The standard InChI is InChI=1S/C13H19FN2O/c1-3-12(15)13(17)16-7-6-10-4-5-11(14)8-9(10)2/h4-5,8,12H,3,6-7,15H2,1-2H3,(H,16,17)/t12-/m0/s1. The van der Waals surface area contributed by atoms with Crippen molar-refractivity contribution in [3.63, 3.8) is 0 Å². The lowest BCUT2D eigenvalue weighted by Gasteiger charge is -2.11. The SMILES string of the molecule is CC[C@H](N)C(=O)NCCc1ccc(F)cc1C. The molecule has 1 atom stereocenters. The Labute approximate surface area is 101 Å². The fraction of sp³-hybridized carbons (Fsp3) is 0.462. The topological polar surface area (TPSA) is 55.1 Å². The minimum atomic E-state index is -0.440. The third-order valence-corrected chi connectivity index (χ3v) is 2.77. The average Bonchev–Trinajstić information content (AvgIpc) is 2.30. The van der Waals surface area contributed by atoms with E-state index in [1.54, 1.807) is 6.07 Å². The molecule has 1 amide bonds. The minimum Gasteiger partial charge on any atom is -0.354 e. The number of halogens is 1. The molecular formula is C13H19FN2O. The molecule has 17 heavy (non-hydrogen) atoms. The predicted octanol–water partition coefficient (Wildman–Crippen LogP) is 1.53. The van der Waals surface area contributed by atoms with Gasteiger partial charge in [0.2, 0.25) is 5.91 Å². The maximum atomic E-state index is 12.9. The van der Waals surface area contributed by atoms with Crippen LogP contribution < -0.4 is 11.1 Å². The van der Waals surface area contributed by atoms with Crippen LogP contribution in [0.3, 0.4) is 0 Å². The molecule has 0 radical (unpaired) electrons. The van der Waals surface area contributed by atoms with Crippen LogP contribution in [-0.4, -0.2) is 18.5 Å².